The number of carbonyl (C=O) groups is 1. The lowest BCUT2D eigenvalue weighted by Crippen LogP contribution is -2.25. The molecular formula is C20H19N3O. The minimum Gasteiger partial charge on any atom is -0.361 e. The Hall–Kier alpha value is -2.85. The van der Waals surface area contributed by atoms with Gasteiger partial charge in [0, 0.05) is 39.8 Å². The number of hydrogen-bond acceptors (Lipinski definition) is 2. The maximum Gasteiger partial charge on any atom is 0.178 e. The van der Waals surface area contributed by atoms with E-state index >= 15 is 0 Å². The Morgan fingerprint density at radius 2 is 1.54 bits per heavy atom. The number of aromatic amines is 2. The second-order valence-electron chi connectivity index (χ2n) is 5.96. The van der Waals surface area contributed by atoms with Crippen molar-refractivity contribution in [3.8, 4) is 0 Å². The van der Waals surface area contributed by atoms with E-state index in [2.05, 4.69) is 27.4 Å². The number of carbonyl (C=O) groups excluding carboxylic acids is 1. The Morgan fingerprint density at radius 1 is 0.875 bits per heavy atom. The summed E-state index contributed by atoms with van der Waals surface area (Å²) in [5.74, 6) is 0.117. The summed E-state index contributed by atoms with van der Waals surface area (Å²) >= 11 is 0. The van der Waals surface area contributed by atoms with E-state index in [1.54, 1.807) is 6.20 Å². The van der Waals surface area contributed by atoms with Crippen LogP contribution in [-0.4, -0.2) is 28.8 Å². The van der Waals surface area contributed by atoms with Gasteiger partial charge in [0.15, 0.2) is 5.78 Å². The van der Waals surface area contributed by atoms with E-state index in [1.807, 2.05) is 42.6 Å². The minimum absolute atomic E-state index is 0.117. The van der Waals surface area contributed by atoms with E-state index in [0.717, 1.165) is 34.9 Å². The summed E-state index contributed by atoms with van der Waals surface area (Å²) < 4.78 is 0. The summed E-state index contributed by atoms with van der Waals surface area (Å²) in [6.45, 7) is 1.13. The summed E-state index contributed by atoms with van der Waals surface area (Å²) in [4.78, 5) is 18.8. The molecule has 120 valence electrons. The van der Waals surface area contributed by atoms with Crippen LogP contribution in [0.3, 0.4) is 0 Å². The fourth-order valence-electron chi connectivity index (χ4n) is 3.16. The molecule has 4 nitrogen and oxygen atoms in total. The maximum atomic E-state index is 12.4. The zero-order valence-electron chi connectivity index (χ0n) is 13.3. The average molecular weight is 317 g/mol. The molecule has 0 atom stereocenters. The van der Waals surface area contributed by atoms with Crippen molar-refractivity contribution < 1.29 is 4.79 Å². The Kier molecular flexibility index (Phi) is 3.89. The van der Waals surface area contributed by atoms with E-state index in [9.17, 15) is 4.79 Å². The molecule has 0 saturated heterocycles. The van der Waals surface area contributed by atoms with Gasteiger partial charge >= 0.3 is 0 Å². The smallest absolute Gasteiger partial charge is 0.178 e. The van der Waals surface area contributed by atoms with Gasteiger partial charge in [0.25, 0.3) is 0 Å². The Labute approximate surface area is 139 Å². The van der Waals surface area contributed by atoms with Crippen LogP contribution >= 0.6 is 0 Å². The topological polar surface area (TPSA) is 60.7 Å². The van der Waals surface area contributed by atoms with Gasteiger partial charge in [0.05, 0.1) is 6.54 Å². The van der Waals surface area contributed by atoms with Crippen molar-refractivity contribution >= 4 is 27.6 Å². The summed E-state index contributed by atoms with van der Waals surface area (Å²) in [6, 6.07) is 16.2. The highest BCUT2D eigenvalue weighted by atomic mass is 16.1. The molecule has 0 amide bonds. The van der Waals surface area contributed by atoms with Crippen LogP contribution in [0.1, 0.15) is 15.9 Å². The number of rotatable bonds is 6. The van der Waals surface area contributed by atoms with Gasteiger partial charge in [0.1, 0.15) is 0 Å². The third-order valence-corrected chi connectivity index (χ3v) is 4.42. The average Bonchev–Trinajstić information content (AvgIpc) is 3.23. The molecule has 0 aliphatic heterocycles. The van der Waals surface area contributed by atoms with Crippen LogP contribution in [0.4, 0.5) is 0 Å². The minimum atomic E-state index is 0.117. The molecule has 0 radical (unpaired) electrons. The van der Waals surface area contributed by atoms with Gasteiger partial charge in [0.2, 0.25) is 0 Å². The molecule has 0 fully saturated rings. The molecule has 2 heterocycles. The molecule has 0 saturated carbocycles. The highest BCUT2D eigenvalue weighted by Crippen LogP contribution is 2.19. The van der Waals surface area contributed by atoms with Crippen molar-refractivity contribution in [3.63, 3.8) is 0 Å². The summed E-state index contributed by atoms with van der Waals surface area (Å²) in [5, 5.41) is 5.50. The number of Topliss-reactive ketones (excluding diaryl/α,β-unsaturated/α-hetero) is 1. The number of aromatic nitrogens is 2. The van der Waals surface area contributed by atoms with Gasteiger partial charge < -0.3 is 15.3 Å². The second-order valence-corrected chi connectivity index (χ2v) is 5.96. The first-order chi connectivity index (χ1) is 11.8. The van der Waals surface area contributed by atoms with Crippen LogP contribution in [0.2, 0.25) is 0 Å². The highest BCUT2D eigenvalue weighted by molar-refractivity contribution is 6.08. The van der Waals surface area contributed by atoms with E-state index in [-0.39, 0.29) is 5.78 Å². The largest absolute Gasteiger partial charge is 0.361 e. The SMILES string of the molecule is O=C(CNCCc1c[nH]c2ccccc12)c1c[nH]c2ccccc12. The molecule has 0 aliphatic rings. The number of fused-ring (bicyclic) bond motifs is 2. The monoisotopic (exact) mass is 317 g/mol. The number of benzene rings is 2. The third kappa shape index (κ3) is 2.72. The molecule has 2 aromatic heterocycles. The molecule has 0 aliphatic carbocycles. The molecule has 0 bridgehead atoms. The normalized spacial score (nSPS) is 11.3. The van der Waals surface area contributed by atoms with E-state index in [4.69, 9.17) is 0 Å². The molecule has 2 aromatic carbocycles. The highest BCUT2D eigenvalue weighted by Gasteiger charge is 2.11. The molecule has 0 spiro atoms. The molecule has 24 heavy (non-hydrogen) atoms. The van der Waals surface area contributed by atoms with Crippen molar-refractivity contribution in [2.45, 2.75) is 6.42 Å². The number of para-hydroxylation sites is 2. The first-order valence-corrected chi connectivity index (χ1v) is 8.18. The van der Waals surface area contributed by atoms with Crippen LogP contribution in [0.15, 0.2) is 60.9 Å². The second kappa shape index (κ2) is 6.34. The molecule has 4 rings (SSSR count). The zero-order chi connectivity index (χ0) is 16.4. The molecule has 3 N–H and O–H groups in total. The van der Waals surface area contributed by atoms with Gasteiger partial charge in [-0.25, -0.2) is 0 Å². The first-order valence-electron chi connectivity index (χ1n) is 8.18. The van der Waals surface area contributed by atoms with E-state index in [1.165, 1.54) is 10.9 Å². The van der Waals surface area contributed by atoms with Crippen LogP contribution in [0.25, 0.3) is 21.8 Å². The standard InChI is InChI=1S/C20H19N3O/c24-20(17-12-23-19-8-4-2-6-16(17)19)13-21-10-9-14-11-22-18-7-3-1-5-15(14)18/h1-8,11-12,21-23H,9-10,13H2. The Balaban J connectivity index is 1.36. The predicted molar refractivity (Wildman–Crippen MR) is 97.5 cm³/mol. The maximum absolute atomic E-state index is 12.4. The molecule has 4 aromatic rings. The van der Waals surface area contributed by atoms with Crippen LogP contribution < -0.4 is 5.32 Å². The number of H-pyrrole nitrogens is 2. The lowest BCUT2D eigenvalue weighted by atomic mass is 10.1. The molecule has 4 heteroatoms. The van der Waals surface area contributed by atoms with E-state index in [0.29, 0.717) is 6.54 Å². The van der Waals surface area contributed by atoms with Crippen LogP contribution in [0, 0.1) is 0 Å². The fraction of sp³-hybridized carbons (Fsp3) is 0.150. The molecule has 0 unspecified atom stereocenters. The van der Waals surface area contributed by atoms with Gasteiger partial charge in [-0.3, -0.25) is 4.79 Å². The summed E-state index contributed by atoms with van der Waals surface area (Å²) in [6.07, 6.45) is 4.74. The van der Waals surface area contributed by atoms with Crippen molar-refractivity contribution in [3.05, 3.63) is 72.1 Å². The quantitative estimate of drug-likeness (QED) is 0.375. The number of nitrogens with one attached hydrogen (secondary N) is 3. The van der Waals surface area contributed by atoms with Gasteiger partial charge in [-0.05, 0) is 30.7 Å². The van der Waals surface area contributed by atoms with Gasteiger partial charge in [-0.2, -0.15) is 0 Å². The lowest BCUT2D eigenvalue weighted by Gasteiger charge is -2.03. The van der Waals surface area contributed by atoms with Crippen molar-refractivity contribution in [1.82, 2.24) is 15.3 Å². The lowest BCUT2D eigenvalue weighted by molar-refractivity contribution is 0.0993. The van der Waals surface area contributed by atoms with Gasteiger partial charge in [-0.15, -0.1) is 0 Å². The first kappa shape index (κ1) is 14.7. The Bertz CT molecular complexity index is 996. The summed E-state index contributed by atoms with van der Waals surface area (Å²) in [5.41, 5.74) is 4.19. The van der Waals surface area contributed by atoms with Crippen LogP contribution in [-0.2, 0) is 6.42 Å². The Morgan fingerprint density at radius 3 is 2.38 bits per heavy atom. The predicted octanol–water partition coefficient (Wildman–Crippen LogP) is 3.66. The van der Waals surface area contributed by atoms with Crippen molar-refractivity contribution in [1.29, 1.82) is 0 Å². The van der Waals surface area contributed by atoms with Crippen LogP contribution in [0.5, 0.6) is 0 Å². The number of ketones is 1. The third-order valence-electron chi connectivity index (χ3n) is 4.42. The fourth-order valence-corrected chi connectivity index (χ4v) is 3.16. The van der Waals surface area contributed by atoms with Gasteiger partial charge in [-0.1, -0.05) is 36.4 Å². The summed E-state index contributed by atoms with van der Waals surface area (Å²) in [7, 11) is 0. The number of hydrogen-bond donors (Lipinski definition) is 3. The van der Waals surface area contributed by atoms with E-state index < -0.39 is 0 Å². The van der Waals surface area contributed by atoms with Crippen molar-refractivity contribution in [2.24, 2.45) is 0 Å². The zero-order valence-corrected chi connectivity index (χ0v) is 13.3. The molecular weight excluding hydrogens is 298 g/mol. The van der Waals surface area contributed by atoms with Crippen molar-refractivity contribution in [2.75, 3.05) is 13.1 Å².